The molecule has 3 heteroatoms. The van der Waals surface area contributed by atoms with Crippen molar-refractivity contribution < 1.29 is 0 Å². The average molecular weight is 219 g/mol. The maximum Gasteiger partial charge on any atom is 0.0393 e. The van der Waals surface area contributed by atoms with Gasteiger partial charge in [-0.1, -0.05) is 6.07 Å². The number of hydrogen-bond acceptors (Lipinski definition) is 3. The summed E-state index contributed by atoms with van der Waals surface area (Å²) in [6.45, 7) is 2.12. The van der Waals surface area contributed by atoms with Crippen LogP contribution >= 0.6 is 0 Å². The van der Waals surface area contributed by atoms with Crippen LogP contribution in [-0.2, 0) is 12.8 Å². The number of anilines is 2. The number of benzene rings is 1. The van der Waals surface area contributed by atoms with Gasteiger partial charge in [0.2, 0.25) is 0 Å². The van der Waals surface area contributed by atoms with E-state index in [0.29, 0.717) is 0 Å². The van der Waals surface area contributed by atoms with Gasteiger partial charge in [0.1, 0.15) is 0 Å². The third-order valence-corrected chi connectivity index (χ3v) is 3.13. The molecule has 1 aliphatic rings. The Balaban J connectivity index is 2.18. The van der Waals surface area contributed by atoms with E-state index >= 15 is 0 Å². The number of nitrogen functional groups attached to an aromatic ring is 1. The lowest BCUT2D eigenvalue weighted by Gasteiger charge is -2.20. The first-order valence-electron chi connectivity index (χ1n) is 5.96. The highest BCUT2D eigenvalue weighted by Crippen LogP contribution is 2.27. The van der Waals surface area contributed by atoms with E-state index in [1.54, 1.807) is 0 Å². The van der Waals surface area contributed by atoms with E-state index < -0.39 is 0 Å². The predicted molar refractivity (Wildman–Crippen MR) is 69.9 cm³/mol. The largest absolute Gasteiger partial charge is 0.398 e. The van der Waals surface area contributed by atoms with Crippen LogP contribution in [0.5, 0.6) is 0 Å². The number of rotatable bonds is 3. The molecule has 0 fully saturated rings. The molecule has 88 valence electrons. The summed E-state index contributed by atoms with van der Waals surface area (Å²) < 4.78 is 0. The molecule has 0 aliphatic carbocycles. The number of likely N-dealkylation sites (N-methyl/N-ethyl adjacent to an activating group) is 1. The summed E-state index contributed by atoms with van der Waals surface area (Å²) in [5, 5.41) is 3.41. The molecule has 3 N–H and O–H groups in total. The van der Waals surface area contributed by atoms with E-state index in [0.717, 1.165) is 25.2 Å². The smallest absolute Gasteiger partial charge is 0.0393 e. The molecule has 3 nitrogen and oxygen atoms in total. The Labute approximate surface area is 97.6 Å². The van der Waals surface area contributed by atoms with Gasteiger partial charge in [-0.15, -0.1) is 0 Å². The third-order valence-electron chi connectivity index (χ3n) is 3.13. The van der Waals surface area contributed by atoms with E-state index in [1.807, 2.05) is 0 Å². The van der Waals surface area contributed by atoms with Crippen molar-refractivity contribution in [2.45, 2.75) is 19.3 Å². The van der Waals surface area contributed by atoms with Crippen LogP contribution in [0.25, 0.3) is 0 Å². The van der Waals surface area contributed by atoms with Crippen molar-refractivity contribution in [1.29, 1.82) is 0 Å². The van der Waals surface area contributed by atoms with Crippen molar-refractivity contribution >= 4 is 11.4 Å². The van der Waals surface area contributed by atoms with Gasteiger partial charge in [0, 0.05) is 24.5 Å². The molecule has 0 unspecified atom stereocenters. The second-order valence-electron chi connectivity index (χ2n) is 4.79. The van der Waals surface area contributed by atoms with E-state index in [9.17, 15) is 0 Å². The fourth-order valence-electron chi connectivity index (χ4n) is 2.15. The summed E-state index contributed by atoms with van der Waals surface area (Å²) in [7, 11) is 4.19. The lowest BCUT2D eigenvalue weighted by Crippen LogP contribution is -2.17. The van der Waals surface area contributed by atoms with Crippen molar-refractivity contribution in [2.75, 3.05) is 38.2 Å². The van der Waals surface area contributed by atoms with Gasteiger partial charge < -0.3 is 16.0 Å². The molecule has 0 bridgehead atoms. The minimum absolute atomic E-state index is 0.926. The van der Waals surface area contributed by atoms with Gasteiger partial charge in [0.15, 0.2) is 0 Å². The molecule has 2 rings (SSSR count). The molecule has 0 saturated carbocycles. The number of aryl methyl sites for hydroxylation is 1. The molecule has 1 aliphatic heterocycles. The Bertz CT molecular complexity index is 372. The lowest BCUT2D eigenvalue weighted by atomic mass is 9.98. The lowest BCUT2D eigenvalue weighted by molar-refractivity contribution is 0.414. The summed E-state index contributed by atoms with van der Waals surface area (Å²) in [6, 6.07) is 4.37. The standard InChI is InChI=1S/C13H21N3/c1-16(2)7-5-10-8-11-4-3-6-15-13(11)9-12(10)14/h8-9,15H,3-7,14H2,1-2H3. The summed E-state index contributed by atoms with van der Waals surface area (Å²) in [6.07, 6.45) is 3.44. The first-order chi connectivity index (χ1) is 7.66. The van der Waals surface area contributed by atoms with Crippen LogP contribution < -0.4 is 11.1 Å². The SMILES string of the molecule is CN(C)CCc1cc2c(cc1N)NCCC2. The number of fused-ring (bicyclic) bond motifs is 1. The zero-order valence-corrected chi connectivity index (χ0v) is 10.2. The molecule has 0 atom stereocenters. The molecular formula is C13H21N3. The molecule has 0 amide bonds. The van der Waals surface area contributed by atoms with Gasteiger partial charge in [-0.3, -0.25) is 0 Å². The molecule has 0 radical (unpaired) electrons. The molecular weight excluding hydrogens is 198 g/mol. The van der Waals surface area contributed by atoms with Gasteiger partial charge in [0.05, 0.1) is 0 Å². The van der Waals surface area contributed by atoms with E-state index in [2.05, 4.69) is 36.4 Å². The second kappa shape index (κ2) is 4.74. The Morgan fingerprint density at radius 2 is 2.19 bits per heavy atom. The van der Waals surface area contributed by atoms with Crippen LogP contribution in [0.4, 0.5) is 11.4 Å². The highest BCUT2D eigenvalue weighted by Gasteiger charge is 2.11. The number of nitrogens with zero attached hydrogens (tertiary/aromatic N) is 1. The van der Waals surface area contributed by atoms with E-state index in [-0.39, 0.29) is 0 Å². The number of hydrogen-bond donors (Lipinski definition) is 2. The molecule has 0 spiro atoms. The molecule has 1 heterocycles. The Hall–Kier alpha value is -1.22. The van der Waals surface area contributed by atoms with Crippen LogP contribution in [0.15, 0.2) is 12.1 Å². The number of nitrogens with one attached hydrogen (secondary N) is 1. The van der Waals surface area contributed by atoms with Gasteiger partial charge in [-0.25, -0.2) is 0 Å². The fraction of sp³-hybridized carbons (Fsp3) is 0.538. The zero-order chi connectivity index (χ0) is 11.5. The monoisotopic (exact) mass is 219 g/mol. The van der Waals surface area contributed by atoms with E-state index in [4.69, 9.17) is 5.73 Å². The van der Waals surface area contributed by atoms with Gasteiger partial charge in [0.25, 0.3) is 0 Å². The van der Waals surface area contributed by atoms with Crippen LogP contribution in [0, 0.1) is 0 Å². The Morgan fingerprint density at radius 3 is 2.94 bits per heavy atom. The zero-order valence-electron chi connectivity index (χ0n) is 10.2. The molecule has 16 heavy (non-hydrogen) atoms. The highest BCUT2D eigenvalue weighted by molar-refractivity contribution is 5.64. The summed E-state index contributed by atoms with van der Waals surface area (Å²) in [5.41, 5.74) is 10.9. The predicted octanol–water partition coefficient (Wildman–Crippen LogP) is 1.73. The van der Waals surface area contributed by atoms with Gasteiger partial charge >= 0.3 is 0 Å². The van der Waals surface area contributed by atoms with Crippen LogP contribution in [-0.4, -0.2) is 32.1 Å². The summed E-state index contributed by atoms with van der Waals surface area (Å²) in [5.74, 6) is 0. The summed E-state index contributed by atoms with van der Waals surface area (Å²) >= 11 is 0. The third kappa shape index (κ3) is 2.47. The topological polar surface area (TPSA) is 41.3 Å². The normalized spacial score (nSPS) is 14.7. The van der Waals surface area contributed by atoms with Crippen molar-refractivity contribution in [2.24, 2.45) is 0 Å². The van der Waals surface area contributed by atoms with Crippen molar-refractivity contribution in [1.82, 2.24) is 4.90 Å². The number of nitrogens with two attached hydrogens (primary N) is 1. The molecule has 1 aromatic carbocycles. The second-order valence-corrected chi connectivity index (χ2v) is 4.79. The van der Waals surface area contributed by atoms with Crippen LogP contribution in [0.2, 0.25) is 0 Å². The van der Waals surface area contributed by atoms with Crippen molar-refractivity contribution in [3.63, 3.8) is 0 Å². The first kappa shape index (κ1) is 11.3. The quantitative estimate of drug-likeness (QED) is 0.761. The Morgan fingerprint density at radius 1 is 1.38 bits per heavy atom. The average Bonchev–Trinajstić information content (AvgIpc) is 2.26. The van der Waals surface area contributed by atoms with Crippen molar-refractivity contribution in [3.8, 4) is 0 Å². The van der Waals surface area contributed by atoms with Crippen LogP contribution in [0.3, 0.4) is 0 Å². The maximum atomic E-state index is 6.07. The molecule has 0 saturated heterocycles. The fourth-order valence-corrected chi connectivity index (χ4v) is 2.15. The summed E-state index contributed by atoms with van der Waals surface area (Å²) in [4.78, 5) is 2.19. The maximum absolute atomic E-state index is 6.07. The van der Waals surface area contributed by atoms with E-state index in [1.165, 1.54) is 29.7 Å². The first-order valence-corrected chi connectivity index (χ1v) is 5.96. The van der Waals surface area contributed by atoms with Gasteiger partial charge in [-0.2, -0.15) is 0 Å². The van der Waals surface area contributed by atoms with Gasteiger partial charge in [-0.05, 0) is 50.6 Å². The molecule has 0 aromatic heterocycles. The highest BCUT2D eigenvalue weighted by atomic mass is 15.0. The van der Waals surface area contributed by atoms with Crippen molar-refractivity contribution in [3.05, 3.63) is 23.3 Å². The molecule has 1 aromatic rings. The van der Waals surface area contributed by atoms with Crippen LogP contribution in [0.1, 0.15) is 17.5 Å². The Kier molecular flexibility index (Phi) is 3.34. The minimum atomic E-state index is 0.926. The minimum Gasteiger partial charge on any atom is -0.398 e.